The second-order valence-electron chi connectivity index (χ2n) is 3.86. The van der Waals surface area contributed by atoms with Crippen molar-refractivity contribution in [3.8, 4) is 5.75 Å². The highest BCUT2D eigenvalue weighted by molar-refractivity contribution is 6.36. The largest absolute Gasteiger partial charge is 0.493 e. The van der Waals surface area contributed by atoms with Gasteiger partial charge in [0, 0.05) is 11.8 Å². The third kappa shape index (κ3) is 2.15. The summed E-state index contributed by atoms with van der Waals surface area (Å²) in [5.74, 6) is 1.44. The van der Waals surface area contributed by atoms with E-state index in [0.29, 0.717) is 29.2 Å². The minimum absolute atomic E-state index is 0.450. The van der Waals surface area contributed by atoms with Gasteiger partial charge in [0.1, 0.15) is 12.0 Å². The fourth-order valence-corrected chi connectivity index (χ4v) is 2.16. The highest BCUT2D eigenvalue weighted by atomic mass is 35.5. The van der Waals surface area contributed by atoms with Gasteiger partial charge in [-0.05, 0) is 31.0 Å². The molecule has 0 amide bonds. The van der Waals surface area contributed by atoms with Gasteiger partial charge in [0.2, 0.25) is 0 Å². The zero-order chi connectivity index (χ0) is 12.4. The molecule has 0 atom stereocenters. The third-order valence-corrected chi connectivity index (χ3v) is 3.10. The highest BCUT2D eigenvalue weighted by Gasteiger charge is 2.14. The summed E-state index contributed by atoms with van der Waals surface area (Å²) in [6, 6.07) is 3.71. The summed E-state index contributed by atoms with van der Waals surface area (Å²) in [4.78, 5) is 10.4. The van der Waals surface area contributed by atoms with Crippen molar-refractivity contribution >= 4 is 28.9 Å². The summed E-state index contributed by atoms with van der Waals surface area (Å²) in [5, 5.41) is 1.48. The molecule has 0 saturated heterocycles. The van der Waals surface area contributed by atoms with Crippen LogP contribution < -0.4 is 4.74 Å². The number of rotatable bonds is 4. The smallest absolute Gasteiger partial charge is 0.177 e. The fourth-order valence-electron chi connectivity index (χ4n) is 1.87. The van der Waals surface area contributed by atoms with Crippen LogP contribution in [-0.2, 0) is 11.2 Å². The van der Waals surface area contributed by atoms with Gasteiger partial charge in [0.15, 0.2) is 11.3 Å². The normalized spacial score (nSPS) is 10.8. The molecule has 17 heavy (non-hydrogen) atoms. The van der Waals surface area contributed by atoms with Crippen LogP contribution in [0.3, 0.4) is 0 Å². The molecular formula is C13H13ClO3. The van der Waals surface area contributed by atoms with E-state index in [1.54, 1.807) is 7.11 Å². The summed E-state index contributed by atoms with van der Waals surface area (Å²) in [5.41, 5.74) is 1.56. The molecule has 0 aliphatic rings. The van der Waals surface area contributed by atoms with Crippen LogP contribution in [0.1, 0.15) is 17.7 Å². The molecule has 0 bridgehead atoms. The Balaban J connectivity index is 2.61. The predicted molar refractivity (Wildman–Crippen MR) is 66.9 cm³/mol. The third-order valence-electron chi connectivity index (χ3n) is 2.65. The molecule has 0 saturated carbocycles. The van der Waals surface area contributed by atoms with E-state index in [0.717, 1.165) is 23.0 Å². The summed E-state index contributed by atoms with van der Waals surface area (Å²) < 4.78 is 10.8. The maximum Gasteiger partial charge on any atom is 0.177 e. The summed E-state index contributed by atoms with van der Waals surface area (Å²) in [7, 11) is 1.59. The van der Waals surface area contributed by atoms with Crippen molar-refractivity contribution in [2.24, 2.45) is 0 Å². The quantitative estimate of drug-likeness (QED) is 0.782. The topological polar surface area (TPSA) is 39.4 Å². The molecule has 4 heteroatoms. The van der Waals surface area contributed by atoms with Crippen LogP contribution in [0, 0.1) is 6.92 Å². The maximum absolute atomic E-state index is 10.4. The van der Waals surface area contributed by atoms with Crippen LogP contribution in [-0.4, -0.2) is 13.4 Å². The molecule has 90 valence electrons. The van der Waals surface area contributed by atoms with E-state index in [1.165, 1.54) is 0 Å². The zero-order valence-corrected chi connectivity index (χ0v) is 10.5. The van der Waals surface area contributed by atoms with Gasteiger partial charge in [0.05, 0.1) is 12.1 Å². The Hall–Kier alpha value is -1.48. The lowest BCUT2D eigenvalue weighted by atomic mass is 10.1. The van der Waals surface area contributed by atoms with E-state index in [9.17, 15) is 4.79 Å². The molecule has 1 aromatic carbocycles. The van der Waals surface area contributed by atoms with Crippen molar-refractivity contribution in [2.75, 3.05) is 7.11 Å². The van der Waals surface area contributed by atoms with Crippen molar-refractivity contribution < 1.29 is 13.9 Å². The highest BCUT2D eigenvalue weighted by Crippen LogP contribution is 2.37. The van der Waals surface area contributed by atoms with Crippen molar-refractivity contribution in [1.29, 1.82) is 0 Å². The first-order valence-electron chi connectivity index (χ1n) is 5.36. The van der Waals surface area contributed by atoms with Crippen LogP contribution in [0.4, 0.5) is 0 Å². The molecule has 2 aromatic rings. The molecular weight excluding hydrogens is 240 g/mol. The van der Waals surface area contributed by atoms with Gasteiger partial charge in [-0.15, -0.1) is 0 Å². The minimum Gasteiger partial charge on any atom is -0.493 e. The number of halogens is 1. The van der Waals surface area contributed by atoms with Crippen LogP contribution >= 0.6 is 11.6 Å². The van der Waals surface area contributed by atoms with Crippen LogP contribution in [0.15, 0.2) is 16.5 Å². The number of furan rings is 1. The number of fused-ring (bicyclic) bond motifs is 1. The fraction of sp³-hybridized carbons (Fsp3) is 0.308. The predicted octanol–water partition coefficient (Wildman–Crippen LogP) is 3.53. The van der Waals surface area contributed by atoms with E-state index in [1.807, 2.05) is 19.1 Å². The van der Waals surface area contributed by atoms with Gasteiger partial charge in [-0.3, -0.25) is 0 Å². The molecule has 0 fully saturated rings. The van der Waals surface area contributed by atoms with Crippen molar-refractivity contribution in [2.45, 2.75) is 19.8 Å². The second kappa shape index (κ2) is 4.80. The van der Waals surface area contributed by atoms with E-state index in [-0.39, 0.29) is 0 Å². The molecule has 0 radical (unpaired) electrons. The molecule has 3 nitrogen and oxygen atoms in total. The van der Waals surface area contributed by atoms with E-state index in [2.05, 4.69) is 0 Å². The van der Waals surface area contributed by atoms with Crippen LogP contribution in [0.5, 0.6) is 5.75 Å². The molecule has 0 spiro atoms. The molecule has 0 aliphatic carbocycles. The minimum atomic E-state index is 0.450. The van der Waals surface area contributed by atoms with Crippen molar-refractivity contribution in [1.82, 2.24) is 0 Å². The summed E-state index contributed by atoms with van der Waals surface area (Å²) >= 11 is 6.29. The molecule has 1 heterocycles. The second-order valence-corrected chi connectivity index (χ2v) is 4.24. The number of aldehydes is 1. The first-order valence-corrected chi connectivity index (χ1v) is 5.74. The number of hydrogen-bond donors (Lipinski definition) is 0. The average molecular weight is 253 g/mol. The standard InChI is InChI=1S/C13H13ClO3/c1-8-6-10-12(14)9(4-3-5-15)7-11(16-2)13(10)17-8/h5-7H,3-4H2,1-2H3. The zero-order valence-electron chi connectivity index (χ0n) is 9.75. The Morgan fingerprint density at radius 3 is 2.88 bits per heavy atom. The molecule has 0 N–H and O–H groups in total. The average Bonchev–Trinajstić information content (AvgIpc) is 2.71. The Kier molecular flexibility index (Phi) is 3.38. The number of carbonyl (C=O) groups excluding carboxylic acids is 1. The monoisotopic (exact) mass is 252 g/mol. The van der Waals surface area contributed by atoms with Crippen LogP contribution in [0.25, 0.3) is 11.0 Å². The lowest BCUT2D eigenvalue weighted by Crippen LogP contribution is -1.91. The SMILES string of the molecule is COc1cc(CCC=O)c(Cl)c2cc(C)oc12. The molecule has 0 unspecified atom stereocenters. The van der Waals surface area contributed by atoms with Gasteiger partial charge >= 0.3 is 0 Å². The summed E-state index contributed by atoms with van der Waals surface area (Å²) in [6.45, 7) is 1.86. The number of methoxy groups -OCH3 is 1. The van der Waals surface area contributed by atoms with Gasteiger partial charge in [0.25, 0.3) is 0 Å². The van der Waals surface area contributed by atoms with Gasteiger partial charge < -0.3 is 13.9 Å². The van der Waals surface area contributed by atoms with Gasteiger partial charge in [-0.1, -0.05) is 11.6 Å². The number of ether oxygens (including phenoxy) is 1. The Morgan fingerprint density at radius 1 is 1.47 bits per heavy atom. The number of hydrogen-bond acceptors (Lipinski definition) is 3. The van der Waals surface area contributed by atoms with Crippen molar-refractivity contribution in [3.05, 3.63) is 28.5 Å². The molecule has 1 aromatic heterocycles. The lowest BCUT2D eigenvalue weighted by molar-refractivity contribution is -0.107. The first-order chi connectivity index (χ1) is 8.17. The maximum atomic E-state index is 10.4. The number of benzene rings is 1. The van der Waals surface area contributed by atoms with E-state index >= 15 is 0 Å². The molecule has 0 aliphatic heterocycles. The lowest BCUT2D eigenvalue weighted by Gasteiger charge is -2.07. The van der Waals surface area contributed by atoms with E-state index < -0.39 is 0 Å². The van der Waals surface area contributed by atoms with Gasteiger partial charge in [-0.25, -0.2) is 0 Å². The van der Waals surface area contributed by atoms with Gasteiger partial charge in [-0.2, -0.15) is 0 Å². The number of aryl methyl sites for hydroxylation is 2. The van der Waals surface area contributed by atoms with Crippen molar-refractivity contribution in [3.63, 3.8) is 0 Å². The first kappa shape index (κ1) is 12.0. The summed E-state index contributed by atoms with van der Waals surface area (Å²) in [6.07, 6.45) is 1.94. The van der Waals surface area contributed by atoms with Crippen LogP contribution in [0.2, 0.25) is 5.02 Å². The molecule has 2 rings (SSSR count). The number of carbonyl (C=O) groups is 1. The Labute approximate surface area is 104 Å². The van der Waals surface area contributed by atoms with E-state index in [4.69, 9.17) is 20.8 Å². The Morgan fingerprint density at radius 2 is 2.24 bits per heavy atom. The Bertz CT molecular complexity index is 557.